The van der Waals surface area contributed by atoms with E-state index in [0.717, 1.165) is 27.4 Å². The van der Waals surface area contributed by atoms with E-state index in [1.54, 1.807) is 18.2 Å². The Kier molecular flexibility index (Phi) is 7.95. The van der Waals surface area contributed by atoms with Crippen molar-refractivity contribution in [2.45, 2.75) is 19.8 Å². The lowest BCUT2D eigenvalue weighted by molar-refractivity contribution is -0.150. The van der Waals surface area contributed by atoms with Gasteiger partial charge in [-0.15, -0.1) is 0 Å². The summed E-state index contributed by atoms with van der Waals surface area (Å²) in [5.41, 5.74) is 3.54. The number of methoxy groups -OCH3 is 1. The number of nitrogens with one attached hydrogen (secondary N) is 2. The molecule has 2 aromatic rings. The molecule has 33 heavy (non-hydrogen) atoms. The summed E-state index contributed by atoms with van der Waals surface area (Å²) >= 11 is 4.44. The molecule has 0 saturated heterocycles. The molecule has 1 aliphatic heterocycles. The molecule has 1 heterocycles. The number of aryl methyl sites for hydroxylation is 2. The van der Waals surface area contributed by atoms with Crippen LogP contribution < -0.4 is 10.6 Å². The Morgan fingerprint density at radius 2 is 2.00 bits per heavy atom. The number of hydrogen-bond acceptors (Lipinski definition) is 6. The Hall–Kier alpha value is -3.09. The monoisotopic (exact) mass is 527 g/mol. The number of hydrogen-bond donors (Lipinski definition) is 2. The first-order chi connectivity index (χ1) is 15.7. The van der Waals surface area contributed by atoms with E-state index >= 15 is 0 Å². The van der Waals surface area contributed by atoms with E-state index in [-0.39, 0.29) is 22.3 Å². The van der Waals surface area contributed by atoms with Crippen LogP contribution in [0.3, 0.4) is 0 Å². The zero-order valence-corrected chi connectivity index (χ0v) is 20.7. The van der Waals surface area contributed by atoms with Crippen LogP contribution in [0.1, 0.15) is 22.6 Å². The quantitative estimate of drug-likeness (QED) is 0.431. The fourth-order valence-corrected chi connectivity index (χ4v) is 4.92. The number of amides is 2. The minimum atomic E-state index is -1.22. The summed E-state index contributed by atoms with van der Waals surface area (Å²) in [6, 6.07) is 14.9. The Morgan fingerprint density at radius 1 is 1.24 bits per heavy atom. The van der Waals surface area contributed by atoms with Crippen molar-refractivity contribution in [3.8, 4) is 6.07 Å². The molecule has 2 amide bonds. The number of anilines is 1. The van der Waals surface area contributed by atoms with Gasteiger partial charge in [0, 0.05) is 16.1 Å². The molecule has 0 radical (unpaired) electrons. The molecule has 0 saturated carbocycles. The zero-order valence-electron chi connectivity index (χ0n) is 18.3. The third kappa shape index (κ3) is 5.64. The standard InChI is InChI=1S/C24H22BrN3O4S/c1-13-7-8-18(14(2)9-13)27-19(29)12-33-23-17(11-26)20(15-5-4-6-16(25)10-15)21(22(30)28-23)24(31)32-3/h4-10,20-21H,12H2,1-3H3,(H,27,29)(H,28,30)/t20-,21+/m1/s1. The number of nitriles is 1. The topological polar surface area (TPSA) is 108 Å². The van der Waals surface area contributed by atoms with Crippen LogP contribution in [0.4, 0.5) is 5.69 Å². The van der Waals surface area contributed by atoms with E-state index in [4.69, 9.17) is 4.74 Å². The molecule has 0 bridgehead atoms. The minimum absolute atomic E-state index is 0.0256. The summed E-state index contributed by atoms with van der Waals surface area (Å²) < 4.78 is 5.58. The number of carbonyl (C=O) groups excluding carboxylic acids is 3. The van der Waals surface area contributed by atoms with E-state index in [1.807, 2.05) is 38.1 Å². The van der Waals surface area contributed by atoms with Crippen molar-refractivity contribution in [2.75, 3.05) is 18.2 Å². The van der Waals surface area contributed by atoms with Crippen molar-refractivity contribution >= 4 is 51.2 Å². The average Bonchev–Trinajstić information content (AvgIpc) is 2.78. The molecule has 0 aliphatic carbocycles. The first kappa shape index (κ1) is 24.6. The molecule has 2 N–H and O–H groups in total. The van der Waals surface area contributed by atoms with Crippen molar-refractivity contribution in [1.29, 1.82) is 5.26 Å². The van der Waals surface area contributed by atoms with Gasteiger partial charge in [-0.2, -0.15) is 5.26 Å². The highest BCUT2D eigenvalue weighted by Crippen LogP contribution is 2.40. The van der Waals surface area contributed by atoms with Crippen molar-refractivity contribution in [3.05, 3.63) is 74.2 Å². The molecule has 3 rings (SSSR count). The van der Waals surface area contributed by atoms with Crippen LogP contribution in [0.15, 0.2) is 57.5 Å². The van der Waals surface area contributed by atoms with Gasteiger partial charge in [0.15, 0.2) is 0 Å². The largest absolute Gasteiger partial charge is 0.468 e. The first-order valence-corrected chi connectivity index (χ1v) is 11.8. The molecule has 2 aromatic carbocycles. The number of halogens is 1. The maximum atomic E-state index is 12.9. The van der Waals surface area contributed by atoms with Gasteiger partial charge < -0.3 is 15.4 Å². The van der Waals surface area contributed by atoms with Crippen molar-refractivity contribution < 1.29 is 19.1 Å². The van der Waals surface area contributed by atoms with Gasteiger partial charge in [-0.05, 0) is 43.2 Å². The fourth-order valence-electron chi connectivity index (χ4n) is 3.66. The maximum Gasteiger partial charge on any atom is 0.319 e. The molecule has 0 spiro atoms. The van der Waals surface area contributed by atoms with Crippen LogP contribution in [0.5, 0.6) is 0 Å². The van der Waals surface area contributed by atoms with Gasteiger partial charge in [-0.1, -0.05) is 57.5 Å². The average molecular weight is 528 g/mol. The Morgan fingerprint density at radius 3 is 2.64 bits per heavy atom. The highest BCUT2D eigenvalue weighted by Gasteiger charge is 2.44. The molecule has 2 atom stereocenters. The van der Waals surface area contributed by atoms with Crippen LogP contribution in [0, 0.1) is 31.1 Å². The smallest absolute Gasteiger partial charge is 0.319 e. The number of benzene rings is 2. The second-order valence-corrected chi connectivity index (χ2v) is 9.43. The summed E-state index contributed by atoms with van der Waals surface area (Å²) in [4.78, 5) is 37.9. The van der Waals surface area contributed by atoms with Crippen LogP contribution in [-0.4, -0.2) is 30.6 Å². The number of esters is 1. The molecule has 7 nitrogen and oxygen atoms in total. The van der Waals surface area contributed by atoms with Crippen molar-refractivity contribution in [3.63, 3.8) is 0 Å². The highest BCUT2D eigenvalue weighted by molar-refractivity contribution is 9.10. The predicted octanol–water partition coefficient (Wildman–Crippen LogP) is 4.18. The van der Waals surface area contributed by atoms with Gasteiger partial charge in [0.2, 0.25) is 11.8 Å². The molecular formula is C24H22BrN3O4S. The van der Waals surface area contributed by atoms with E-state index in [1.165, 1.54) is 7.11 Å². The normalized spacial score (nSPS) is 17.7. The second kappa shape index (κ2) is 10.7. The summed E-state index contributed by atoms with van der Waals surface area (Å²) in [6.07, 6.45) is 0. The molecular weight excluding hydrogens is 506 g/mol. The molecule has 1 aliphatic rings. The van der Waals surface area contributed by atoms with Gasteiger partial charge in [-0.25, -0.2) is 0 Å². The summed E-state index contributed by atoms with van der Waals surface area (Å²) in [5, 5.41) is 15.7. The fraction of sp³-hybridized carbons (Fsp3) is 0.250. The third-order valence-electron chi connectivity index (χ3n) is 5.20. The van der Waals surface area contributed by atoms with Crippen molar-refractivity contribution in [2.24, 2.45) is 5.92 Å². The van der Waals surface area contributed by atoms with Gasteiger partial charge in [0.05, 0.1) is 29.5 Å². The third-order valence-corrected chi connectivity index (χ3v) is 6.71. The molecule has 0 unspecified atom stereocenters. The summed E-state index contributed by atoms with van der Waals surface area (Å²) in [5.74, 6) is -3.67. The lowest BCUT2D eigenvalue weighted by Crippen LogP contribution is -2.44. The predicted molar refractivity (Wildman–Crippen MR) is 130 cm³/mol. The second-order valence-electron chi connectivity index (χ2n) is 7.53. The lowest BCUT2D eigenvalue weighted by Gasteiger charge is -2.31. The number of ether oxygens (including phenoxy) is 1. The van der Waals surface area contributed by atoms with Crippen LogP contribution in [-0.2, 0) is 19.1 Å². The number of allylic oxidation sites excluding steroid dienone is 1. The van der Waals surface area contributed by atoms with Crippen LogP contribution in [0.2, 0.25) is 0 Å². The molecule has 170 valence electrons. The van der Waals surface area contributed by atoms with Gasteiger partial charge in [0.1, 0.15) is 5.92 Å². The number of rotatable bonds is 6. The molecule has 0 aromatic heterocycles. The van der Waals surface area contributed by atoms with Crippen LogP contribution >= 0.6 is 27.7 Å². The van der Waals surface area contributed by atoms with E-state index in [2.05, 4.69) is 32.6 Å². The van der Waals surface area contributed by atoms with Crippen molar-refractivity contribution in [1.82, 2.24) is 5.32 Å². The van der Waals surface area contributed by atoms with E-state index in [9.17, 15) is 19.6 Å². The Balaban J connectivity index is 1.89. The lowest BCUT2D eigenvalue weighted by atomic mass is 9.78. The first-order valence-electron chi connectivity index (χ1n) is 10.0. The SMILES string of the molecule is COC(=O)[C@@H]1C(=O)NC(SCC(=O)Nc2ccc(C)cc2C)=C(C#N)[C@H]1c1cccc(Br)c1. The molecule has 0 fully saturated rings. The Labute approximate surface area is 204 Å². The molecule has 9 heteroatoms. The highest BCUT2D eigenvalue weighted by atomic mass is 79.9. The number of carbonyl (C=O) groups is 3. The van der Waals surface area contributed by atoms with Gasteiger partial charge in [0.25, 0.3) is 0 Å². The minimum Gasteiger partial charge on any atom is -0.468 e. The van der Waals surface area contributed by atoms with E-state index in [0.29, 0.717) is 11.3 Å². The summed E-state index contributed by atoms with van der Waals surface area (Å²) in [6.45, 7) is 3.88. The zero-order chi connectivity index (χ0) is 24.1. The Bertz CT molecular complexity index is 1190. The summed E-state index contributed by atoms with van der Waals surface area (Å²) in [7, 11) is 1.20. The van der Waals surface area contributed by atoms with E-state index < -0.39 is 23.7 Å². The maximum absolute atomic E-state index is 12.9. The van der Waals surface area contributed by atoms with Crippen LogP contribution in [0.25, 0.3) is 0 Å². The van der Waals surface area contributed by atoms with Gasteiger partial charge in [-0.3, -0.25) is 14.4 Å². The number of nitrogens with zero attached hydrogens (tertiary/aromatic N) is 1. The number of thioether (sulfide) groups is 1. The van der Waals surface area contributed by atoms with Gasteiger partial charge >= 0.3 is 5.97 Å².